The van der Waals surface area contributed by atoms with Crippen LogP contribution in [0.25, 0.3) is 0 Å². The molecule has 1 aliphatic heterocycles. The van der Waals surface area contributed by atoms with Crippen LogP contribution in [0.5, 0.6) is 0 Å². The van der Waals surface area contributed by atoms with Gasteiger partial charge in [-0.3, -0.25) is 0 Å². The molecule has 1 aromatic rings. The maximum atomic E-state index is 12.0. The highest BCUT2D eigenvalue weighted by Crippen LogP contribution is 2.11. The summed E-state index contributed by atoms with van der Waals surface area (Å²) in [6, 6.07) is 7.29. The summed E-state index contributed by atoms with van der Waals surface area (Å²) >= 11 is 0. The number of hydrogen-bond donors (Lipinski definition) is 2. The normalized spacial score (nSPS) is 19.0. The molecule has 21 heavy (non-hydrogen) atoms. The second-order valence-electron chi connectivity index (χ2n) is 4.98. The Morgan fingerprint density at radius 1 is 1.33 bits per heavy atom. The Bertz CT molecular complexity index is 524. The molecule has 118 valence electrons. The van der Waals surface area contributed by atoms with Crippen molar-refractivity contribution < 1.29 is 17.9 Å². The fourth-order valence-electron chi connectivity index (χ4n) is 2.11. The fraction of sp³-hybridized carbons (Fsp3) is 0.571. The molecular formula is C14H22N2O4S. The number of benzene rings is 1. The maximum absolute atomic E-state index is 12.0. The van der Waals surface area contributed by atoms with E-state index in [9.17, 15) is 8.42 Å². The van der Waals surface area contributed by atoms with E-state index in [0.29, 0.717) is 19.2 Å². The molecule has 1 saturated heterocycles. The van der Waals surface area contributed by atoms with Crippen molar-refractivity contribution in [2.75, 3.05) is 33.5 Å². The van der Waals surface area contributed by atoms with Gasteiger partial charge in [-0.1, -0.05) is 12.1 Å². The lowest BCUT2D eigenvalue weighted by atomic mass is 10.2. The molecule has 0 amide bonds. The Labute approximate surface area is 125 Å². The Hall–Kier alpha value is -0.990. The van der Waals surface area contributed by atoms with Crippen molar-refractivity contribution in [1.29, 1.82) is 0 Å². The van der Waals surface area contributed by atoms with E-state index in [1.807, 2.05) is 12.1 Å². The topological polar surface area (TPSA) is 76.7 Å². The predicted molar refractivity (Wildman–Crippen MR) is 79.6 cm³/mol. The van der Waals surface area contributed by atoms with Crippen molar-refractivity contribution >= 4 is 10.0 Å². The SMILES string of the molecule is COCCNS(=O)(=O)c1ccc(CNC2CCOC2)cc1. The molecule has 0 saturated carbocycles. The maximum Gasteiger partial charge on any atom is 0.240 e. The third-order valence-electron chi connectivity index (χ3n) is 3.36. The lowest BCUT2D eigenvalue weighted by Crippen LogP contribution is -2.28. The van der Waals surface area contributed by atoms with Gasteiger partial charge in [-0.25, -0.2) is 13.1 Å². The number of hydrogen-bond acceptors (Lipinski definition) is 5. The van der Waals surface area contributed by atoms with Crippen LogP contribution in [0.3, 0.4) is 0 Å². The van der Waals surface area contributed by atoms with Crippen molar-refractivity contribution in [3.63, 3.8) is 0 Å². The van der Waals surface area contributed by atoms with Gasteiger partial charge in [0.15, 0.2) is 0 Å². The molecule has 1 aliphatic rings. The molecule has 0 spiro atoms. The summed E-state index contributed by atoms with van der Waals surface area (Å²) in [4.78, 5) is 0.270. The minimum Gasteiger partial charge on any atom is -0.383 e. The molecule has 0 aliphatic carbocycles. The molecule has 6 nitrogen and oxygen atoms in total. The van der Waals surface area contributed by atoms with Gasteiger partial charge in [-0.05, 0) is 24.1 Å². The summed E-state index contributed by atoms with van der Waals surface area (Å²) in [7, 11) is -1.92. The van der Waals surface area contributed by atoms with E-state index < -0.39 is 10.0 Å². The highest BCUT2D eigenvalue weighted by atomic mass is 32.2. The molecule has 1 fully saturated rings. The van der Waals surface area contributed by atoms with Crippen LogP contribution in [0.15, 0.2) is 29.2 Å². The van der Waals surface area contributed by atoms with E-state index in [4.69, 9.17) is 9.47 Å². The van der Waals surface area contributed by atoms with Crippen LogP contribution in [0.1, 0.15) is 12.0 Å². The number of nitrogens with one attached hydrogen (secondary N) is 2. The lowest BCUT2D eigenvalue weighted by molar-refractivity contribution is 0.190. The average molecular weight is 314 g/mol. The fourth-order valence-corrected chi connectivity index (χ4v) is 3.12. The standard InChI is InChI=1S/C14H22N2O4S/c1-19-9-7-16-21(17,18)14-4-2-12(3-5-14)10-15-13-6-8-20-11-13/h2-5,13,15-16H,6-11H2,1H3. The average Bonchev–Trinajstić information content (AvgIpc) is 2.99. The lowest BCUT2D eigenvalue weighted by Gasteiger charge is -2.11. The summed E-state index contributed by atoms with van der Waals surface area (Å²) < 4.78 is 36.6. The summed E-state index contributed by atoms with van der Waals surface area (Å²) in [5.74, 6) is 0. The zero-order chi connectivity index (χ0) is 15.1. The molecular weight excluding hydrogens is 292 g/mol. The van der Waals surface area contributed by atoms with Gasteiger partial charge in [0.1, 0.15) is 0 Å². The Morgan fingerprint density at radius 3 is 2.71 bits per heavy atom. The van der Waals surface area contributed by atoms with Crippen molar-refractivity contribution in [3.8, 4) is 0 Å². The second-order valence-corrected chi connectivity index (χ2v) is 6.74. The molecule has 0 aromatic heterocycles. The second kappa shape index (κ2) is 7.86. The molecule has 1 unspecified atom stereocenters. The molecule has 0 bridgehead atoms. The molecule has 0 radical (unpaired) electrons. The number of methoxy groups -OCH3 is 1. The van der Waals surface area contributed by atoms with Gasteiger partial charge in [0.25, 0.3) is 0 Å². The van der Waals surface area contributed by atoms with Gasteiger partial charge in [0.05, 0.1) is 18.1 Å². The minimum absolute atomic E-state index is 0.268. The molecule has 2 rings (SSSR count). The summed E-state index contributed by atoms with van der Waals surface area (Å²) in [6.45, 7) is 2.89. The number of ether oxygens (including phenoxy) is 2. The quantitative estimate of drug-likeness (QED) is 0.683. The first kappa shape index (κ1) is 16.4. The van der Waals surface area contributed by atoms with Crippen LogP contribution in [-0.4, -0.2) is 47.9 Å². The molecule has 7 heteroatoms. The highest BCUT2D eigenvalue weighted by Gasteiger charge is 2.15. The number of sulfonamides is 1. The summed E-state index contributed by atoms with van der Waals surface area (Å²) in [5, 5.41) is 3.39. The first-order valence-electron chi connectivity index (χ1n) is 7.00. The molecule has 2 N–H and O–H groups in total. The molecule has 1 atom stereocenters. The van der Waals surface area contributed by atoms with Gasteiger partial charge < -0.3 is 14.8 Å². The van der Waals surface area contributed by atoms with Crippen LogP contribution in [0.2, 0.25) is 0 Å². The van der Waals surface area contributed by atoms with E-state index in [-0.39, 0.29) is 11.4 Å². The molecule has 1 aromatic carbocycles. The van der Waals surface area contributed by atoms with Gasteiger partial charge in [-0.15, -0.1) is 0 Å². The van der Waals surface area contributed by atoms with Crippen LogP contribution in [0, 0.1) is 0 Å². The van der Waals surface area contributed by atoms with Gasteiger partial charge in [0.2, 0.25) is 10.0 Å². The van der Waals surface area contributed by atoms with Gasteiger partial charge >= 0.3 is 0 Å². The Kier molecular flexibility index (Phi) is 6.13. The molecule has 1 heterocycles. The van der Waals surface area contributed by atoms with Crippen molar-refractivity contribution in [2.24, 2.45) is 0 Å². The smallest absolute Gasteiger partial charge is 0.240 e. The zero-order valence-corrected chi connectivity index (χ0v) is 13.0. The van der Waals surface area contributed by atoms with E-state index >= 15 is 0 Å². The largest absolute Gasteiger partial charge is 0.383 e. The van der Waals surface area contributed by atoms with E-state index in [1.54, 1.807) is 12.1 Å². The highest BCUT2D eigenvalue weighted by molar-refractivity contribution is 7.89. The van der Waals surface area contributed by atoms with Gasteiger partial charge in [-0.2, -0.15) is 0 Å². The van der Waals surface area contributed by atoms with Crippen LogP contribution in [-0.2, 0) is 26.0 Å². The minimum atomic E-state index is -3.45. The summed E-state index contributed by atoms with van der Waals surface area (Å²) in [6.07, 6.45) is 1.02. The number of rotatable bonds is 8. The van der Waals surface area contributed by atoms with Gasteiger partial charge in [0, 0.05) is 32.8 Å². The third-order valence-corrected chi connectivity index (χ3v) is 4.83. The van der Waals surface area contributed by atoms with Crippen LogP contribution in [0.4, 0.5) is 0 Å². The van der Waals surface area contributed by atoms with Crippen LogP contribution < -0.4 is 10.0 Å². The summed E-state index contributed by atoms with van der Waals surface area (Å²) in [5.41, 5.74) is 1.05. The van der Waals surface area contributed by atoms with Crippen molar-refractivity contribution in [2.45, 2.75) is 23.9 Å². The van der Waals surface area contributed by atoms with E-state index in [2.05, 4.69) is 10.0 Å². The van der Waals surface area contributed by atoms with E-state index in [1.165, 1.54) is 7.11 Å². The Balaban J connectivity index is 1.88. The van der Waals surface area contributed by atoms with Crippen molar-refractivity contribution in [1.82, 2.24) is 10.0 Å². The van der Waals surface area contributed by atoms with Crippen molar-refractivity contribution in [3.05, 3.63) is 29.8 Å². The zero-order valence-electron chi connectivity index (χ0n) is 12.2. The monoisotopic (exact) mass is 314 g/mol. The predicted octanol–water partition coefficient (Wildman–Crippen LogP) is 0.490. The Morgan fingerprint density at radius 2 is 2.10 bits per heavy atom. The van der Waals surface area contributed by atoms with Crippen LogP contribution >= 0.6 is 0 Å². The first-order valence-corrected chi connectivity index (χ1v) is 8.49. The van der Waals surface area contributed by atoms with E-state index in [0.717, 1.165) is 25.2 Å². The first-order chi connectivity index (χ1) is 10.1. The third kappa shape index (κ3) is 5.05.